The van der Waals surface area contributed by atoms with Crippen LogP contribution in [0.5, 0.6) is 11.5 Å². The van der Waals surface area contributed by atoms with Gasteiger partial charge in [0.25, 0.3) is 0 Å². The van der Waals surface area contributed by atoms with Crippen molar-refractivity contribution in [1.82, 2.24) is 14.9 Å². The number of aromatic hydroxyl groups is 2. The summed E-state index contributed by atoms with van der Waals surface area (Å²) in [5.41, 5.74) is -0.586. The molecule has 2 N–H and O–H groups in total. The number of thioether (sulfide) groups is 1. The van der Waals surface area contributed by atoms with Crippen molar-refractivity contribution in [2.24, 2.45) is 5.10 Å². The molecule has 1 aromatic heterocycles. The summed E-state index contributed by atoms with van der Waals surface area (Å²) in [5.74, 6) is -3.01. The Kier molecular flexibility index (Phi) is 10.7. The molecule has 0 spiro atoms. The molecule has 1 aliphatic rings. The summed E-state index contributed by atoms with van der Waals surface area (Å²) in [6.07, 6.45) is -3.92. The van der Waals surface area contributed by atoms with Gasteiger partial charge in [-0.25, -0.2) is 0 Å². The molecule has 0 amide bonds. The van der Waals surface area contributed by atoms with Crippen molar-refractivity contribution < 1.29 is 53.1 Å². The van der Waals surface area contributed by atoms with E-state index in [1.165, 1.54) is 29.9 Å². The number of ether oxygens (including phenoxy) is 5. The second-order valence-corrected chi connectivity index (χ2v) is 10.7. The first-order valence-electron chi connectivity index (χ1n) is 13.5. The lowest BCUT2D eigenvalue weighted by molar-refractivity contribution is -0.237. The summed E-state index contributed by atoms with van der Waals surface area (Å²) in [5, 5.41) is 33.8. The maximum absolute atomic E-state index is 12.2. The molecular weight excluding hydrogens is 612 g/mol. The van der Waals surface area contributed by atoms with Crippen molar-refractivity contribution in [2.45, 2.75) is 62.7 Å². The molecule has 0 aliphatic carbocycles. The minimum atomic E-state index is -1.39. The summed E-state index contributed by atoms with van der Waals surface area (Å²) in [6.45, 7) is 4.15. The lowest BCUT2D eigenvalue weighted by Crippen LogP contribution is -2.61. The maximum atomic E-state index is 12.2. The Morgan fingerprint density at radius 2 is 1.44 bits per heavy atom. The average Bonchev–Trinajstić information content (AvgIpc) is 3.36. The number of hydrogen-bond donors (Lipinski definition) is 2. The second kappa shape index (κ2) is 14.7. The topological polar surface area (TPSA) is 198 Å². The Morgan fingerprint density at radius 1 is 0.844 bits per heavy atom. The summed E-state index contributed by atoms with van der Waals surface area (Å²) < 4.78 is 29.0. The fraction of sp³-hybridized carbons (Fsp3) is 0.345. The second-order valence-electron chi connectivity index (χ2n) is 9.62. The van der Waals surface area contributed by atoms with Crippen molar-refractivity contribution >= 4 is 41.9 Å². The highest BCUT2D eigenvalue weighted by Gasteiger charge is 2.53. The van der Waals surface area contributed by atoms with E-state index in [0.717, 1.165) is 32.5 Å². The molecule has 238 valence electrons. The highest BCUT2D eigenvalue weighted by atomic mass is 32.2. The van der Waals surface area contributed by atoms with E-state index in [4.69, 9.17) is 23.7 Å². The van der Waals surface area contributed by atoms with Crippen LogP contribution in [0.4, 0.5) is 0 Å². The number of phenols is 2. The minimum absolute atomic E-state index is 0.0489. The van der Waals surface area contributed by atoms with Crippen LogP contribution in [0, 0.1) is 0 Å². The first kappa shape index (κ1) is 32.9. The summed E-state index contributed by atoms with van der Waals surface area (Å²) >= 11 is 0.851. The quantitative estimate of drug-likeness (QED) is 0.186. The molecule has 0 unspecified atom stereocenters. The Labute approximate surface area is 261 Å². The molecule has 2 heterocycles. The molecule has 45 heavy (non-hydrogen) atoms. The lowest BCUT2D eigenvalue weighted by Gasteiger charge is -2.43. The fourth-order valence-electron chi connectivity index (χ4n) is 4.38. The third-order valence-corrected chi connectivity index (χ3v) is 7.25. The number of rotatable bonds is 10. The van der Waals surface area contributed by atoms with Crippen LogP contribution in [0.15, 0.2) is 58.8 Å². The van der Waals surface area contributed by atoms with E-state index in [-0.39, 0.29) is 28.0 Å². The summed E-state index contributed by atoms with van der Waals surface area (Å²) in [6, 6.07) is 12.8. The number of para-hydroxylation sites is 2. The number of phenolic OH excluding ortho intramolecular Hbond substituents is 2. The van der Waals surface area contributed by atoms with Crippen LogP contribution in [0.25, 0.3) is 11.4 Å². The standard InChI is InChI=1S/C29H30N4O11S/c1-15(34)40-14-23-24(41-16(2)35)25(42-17(3)36)26(43-18(4)37)28(44-23)45-29-32-31-27(20-10-6-8-12-22(20)39)33(29)30-13-19-9-5-7-11-21(19)38/h5-13,23-26,28,38-39H,14H2,1-4H3/b30-13+/t23-,24-,25+,26-,28+/m1/s1. The van der Waals surface area contributed by atoms with Gasteiger partial charge in [0, 0.05) is 33.3 Å². The number of esters is 4. The Bertz CT molecular complexity index is 1590. The molecular formula is C29H30N4O11S. The van der Waals surface area contributed by atoms with E-state index in [1.807, 2.05) is 0 Å². The molecule has 2 aromatic carbocycles. The van der Waals surface area contributed by atoms with Crippen molar-refractivity contribution in [3.63, 3.8) is 0 Å². The van der Waals surface area contributed by atoms with E-state index in [0.29, 0.717) is 5.56 Å². The van der Waals surface area contributed by atoms with Gasteiger partial charge in [-0.1, -0.05) is 24.3 Å². The van der Waals surface area contributed by atoms with Gasteiger partial charge in [-0.15, -0.1) is 10.2 Å². The third kappa shape index (κ3) is 8.36. The zero-order valence-electron chi connectivity index (χ0n) is 24.6. The SMILES string of the molecule is CC(=O)OC[C@H]1O[C@@H](Sc2nnc(-c3ccccc3O)n2/N=C/c2ccccc2O)[C@H](OC(C)=O)[C@@H](OC(C)=O)[C@@H]1OC(C)=O. The van der Waals surface area contributed by atoms with Gasteiger partial charge in [0.2, 0.25) is 5.16 Å². The number of benzene rings is 2. The highest BCUT2D eigenvalue weighted by Crippen LogP contribution is 2.39. The molecule has 1 saturated heterocycles. The molecule has 0 radical (unpaired) electrons. The maximum Gasteiger partial charge on any atom is 0.303 e. The molecule has 1 aliphatic heterocycles. The van der Waals surface area contributed by atoms with Crippen LogP contribution < -0.4 is 0 Å². The Morgan fingerprint density at radius 3 is 2.07 bits per heavy atom. The molecule has 4 rings (SSSR count). The van der Waals surface area contributed by atoms with E-state index in [2.05, 4.69) is 15.3 Å². The molecule has 1 fully saturated rings. The van der Waals surface area contributed by atoms with Crippen molar-refractivity contribution in [3.8, 4) is 22.9 Å². The lowest BCUT2D eigenvalue weighted by atomic mass is 9.99. The number of hydrogen-bond acceptors (Lipinski definition) is 15. The molecule has 16 heteroatoms. The predicted octanol–water partition coefficient (Wildman–Crippen LogP) is 2.41. The van der Waals surface area contributed by atoms with E-state index < -0.39 is 60.3 Å². The molecule has 15 nitrogen and oxygen atoms in total. The van der Waals surface area contributed by atoms with Gasteiger partial charge in [-0.2, -0.15) is 9.78 Å². The summed E-state index contributed by atoms with van der Waals surface area (Å²) in [4.78, 5) is 48.1. The van der Waals surface area contributed by atoms with Gasteiger partial charge in [0.05, 0.1) is 11.8 Å². The van der Waals surface area contributed by atoms with Crippen LogP contribution in [-0.4, -0.2) is 91.6 Å². The highest BCUT2D eigenvalue weighted by molar-refractivity contribution is 7.99. The van der Waals surface area contributed by atoms with Gasteiger partial charge < -0.3 is 33.9 Å². The first-order valence-corrected chi connectivity index (χ1v) is 14.4. The number of carbonyl (C=O) groups excluding carboxylic acids is 4. The average molecular weight is 643 g/mol. The monoisotopic (exact) mass is 642 g/mol. The van der Waals surface area contributed by atoms with Gasteiger partial charge in [0.15, 0.2) is 29.6 Å². The zero-order chi connectivity index (χ0) is 32.7. The normalized spacial score (nSPS) is 21.2. The Balaban J connectivity index is 1.81. The molecule has 0 saturated carbocycles. The largest absolute Gasteiger partial charge is 0.507 e. The number of aromatic nitrogens is 3. The molecule has 3 aromatic rings. The molecule has 0 bridgehead atoms. The molecule has 5 atom stereocenters. The van der Waals surface area contributed by atoms with Crippen LogP contribution in [0.3, 0.4) is 0 Å². The minimum Gasteiger partial charge on any atom is -0.507 e. The smallest absolute Gasteiger partial charge is 0.303 e. The van der Waals surface area contributed by atoms with Crippen molar-refractivity contribution in [3.05, 3.63) is 54.1 Å². The van der Waals surface area contributed by atoms with Gasteiger partial charge >= 0.3 is 23.9 Å². The van der Waals surface area contributed by atoms with Crippen molar-refractivity contribution in [1.29, 1.82) is 0 Å². The van der Waals surface area contributed by atoms with Gasteiger partial charge in [0.1, 0.15) is 24.2 Å². The first-order chi connectivity index (χ1) is 21.4. The zero-order valence-corrected chi connectivity index (χ0v) is 25.4. The van der Waals surface area contributed by atoms with Crippen LogP contribution >= 0.6 is 11.8 Å². The fourth-order valence-corrected chi connectivity index (χ4v) is 5.45. The van der Waals surface area contributed by atoms with E-state index >= 15 is 0 Å². The van der Waals surface area contributed by atoms with Gasteiger partial charge in [-0.05, 0) is 36.0 Å². The Hall–Kier alpha value is -4.96. The summed E-state index contributed by atoms with van der Waals surface area (Å²) in [7, 11) is 0. The van der Waals surface area contributed by atoms with E-state index in [1.54, 1.807) is 36.4 Å². The predicted molar refractivity (Wildman–Crippen MR) is 156 cm³/mol. The number of carbonyl (C=O) groups is 4. The number of nitrogens with zero attached hydrogens (tertiary/aromatic N) is 4. The third-order valence-electron chi connectivity index (χ3n) is 6.18. The van der Waals surface area contributed by atoms with E-state index in [9.17, 15) is 29.4 Å². The van der Waals surface area contributed by atoms with Crippen LogP contribution in [0.2, 0.25) is 0 Å². The van der Waals surface area contributed by atoms with Gasteiger partial charge in [-0.3, -0.25) is 19.2 Å². The van der Waals surface area contributed by atoms with Crippen LogP contribution in [-0.2, 0) is 42.9 Å². The van der Waals surface area contributed by atoms with Crippen LogP contribution in [0.1, 0.15) is 33.3 Å². The van der Waals surface area contributed by atoms with Crippen molar-refractivity contribution in [2.75, 3.05) is 6.61 Å².